The van der Waals surface area contributed by atoms with Crippen molar-refractivity contribution in [3.8, 4) is 0 Å². The van der Waals surface area contributed by atoms with Gasteiger partial charge in [0.25, 0.3) is 0 Å². The number of likely N-dealkylation sites (tertiary alicyclic amines) is 1. The van der Waals surface area contributed by atoms with Crippen molar-refractivity contribution in [1.82, 2.24) is 10.2 Å². The summed E-state index contributed by atoms with van der Waals surface area (Å²) in [7, 11) is 0. The van der Waals surface area contributed by atoms with E-state index in [1.807, 2.05) is 6.07 Å². The molecule has 0 amide bonds. The van der Waals surface area contributed by atoms with Crippen molar-refractivity contribution >= 4 is 0 Å². The van der Waals surface area contributed by atoms with E-state index in [2.05, 4.69) is 42.3 Å². The zero-order chi connectivity index (χ0) is 14.9. The SMILES string of the molecule is CCN1CCC(NCC2(O)CCc3ccccc32)C(C)C1. The lowest BCUT2D eigenvalue weighted by atomic mass is 9.91. The van der Waals surface area contributed by atoms with E-state index in [1.165, 1.54) is 25.1 Å². The van der Waals surface area contributed by atoms with Crippen LogP contribution in [0.5, 0.6) is 0 Å². The van der Waals surface area contributed by atoms with Crippen LogP contribution in [0.15, 0.2) is 24.3 Å². The Bertz CT molecular complexity index is 490. The van der Waals surface area contributed by atoms with Crippen molar-refractivity contribution in [3.05, 3.63) is 35.4 Å². The molecule has 0 saturated carbocycles. The fourth-order valence-corrected chi connectivity index (χ4v) is 3.97. The first-order valence-corrected chi connectivity index (χ1v) is 8.39. The molecule has 0 radical (unpaired) electrons. The highest BCUT2D eigenvalue weighted by molar-refractivity contribution is 5.37. The highest BCUT2D eigenvalue weighted by Crippen LogP contribution is 2.36. The number of nitrogens with zero attached hydrogens (tertiary/aromatic N) is 1. The van der Waals surface area contributed by atoms with E-state index in [1.54, 1.807) is 0 Å². The van der Waals surface area contributed by atoms with Crippen molar-refractivity contribution in [3.63, 3.8) is 0 Å². The number of benzene rings is 1. The van der Waals surface area contributed by atoms with Crippen molar-refractivity contribution in [2.24, 2.45) is 5.92 Å². The number of nitrogens with one attached hydrogen (secondary N) is 1. The zero-order valence-electron chi connectivity index (χ0n) is 13.3. The Morgan fingerprint density at radius 3 is 2.95 bits per heavy atom. The Hall–Kier alpha value is -0.900. The lowest BCUT2D eigenvalue weighted by molar-refractivity contribution is 0.0291. The van der Waals surface area contributed by atoms with Gasteiger partial charge in [0.15, 0.2) is 0 Å². The molecule has 0 bridgehead atoms. The third-order valence-electron chi connectivity index (χ3n) is 5.42. The van der Waals surface area contributed by atoms with Crippen LogP contribution in [0.2, 0.25) is 0 Å². The first kappa shape index (κ1) is 15.0. The summed E-state index contributed by atoms with van der Waals surface area (Å²) >= 11 is 0. The summed E-state index contributed by atoms with van der Waals surface area (Å²) in [4.78, 5) is 2.52. The fraction of sp³-hybridized carbons (Fsp3) is 0.667. The average Bonchev–Trinajstić information content (AvgIpc) is 2.84. The van der Waals surface area contributed by atoms with Crippen LogP contribution >= 0.6 is 0 Å². The summed E-state index contributed by atoms with van der Waals surface area (Å²) in [5.74, 6) is 0.652. The minimum Gasteiger partial charge on any atom is -0.384 e. The number of aliphatic hydroxyl groups is 1. The number of rotatable bonds is 4. The Morgan fingerprint density at radius 2 is 2.19 bits per heavy atom. The summed E-state index contributed by atoms with van der Waals surface area (Å²) in [5.41, 5.74) is 1.78. The molecule has 1 aliphatic heterocycles. The molecule has 1 aromatic carbocycles. The van der Waals surface area contributed by atoms with Crippen molar-refractivity contribution in [2.45, 2.75) is 44.8 Å². The van der Waals surface area contributed by atoms with Gasteiger partial charge in [-0.05, 0) is 49.4 Å². The molecule has 116 valence electrons. The molecular weight excluding hydrogens is 260 g/mol. The first-order chi connectivity index (χ1) is 10.1. The smallest absolute Gasteiger partial charge is 0.103 e. The van der Waals surface area contributed by atoms with Crippen LogP contribution in [0, 0.1) is 5.92 Å². The maximum atomic E-state index is 11.0. The number of fused-ring (bicyclic) bond motifs is 1. The minimum absolute atomic E-state index is 0.532. The maximum Gasteiger partial charge on any atom is 0.103 e. The predicted octanol–water partition coefficient (Wildman–Crippen LogP) is 2.14. The molecule has 3 heteroatoms. The molecule has 1 aliphatic carbocycles. The third kappa shape index (κ3) is 3.01. The molecule has 2 N–H and O–H groups in total. The van der Waals surface area contributed by atoms with Gasteiger partial charge in [0, 0.05) is 19.1 Å². The summed E-state index contributed by atoms with van der Waals surface area (Å²) in [6, 6.07) is 8.88. The molecule has 21 heavy (non-hydrogen) atoms. The van der Waals surface area contributed by atoms with Crippen LogP contribution in [0.25, 0.3) is 0 Å². The lowest BCUT2D eigenvalue weighted by Gasteiger charge is -2.38. The summed E-state index contributed by atoms with van der Waals surface area (Å²) in [5, 5.41) is 14.6. The predicted molar refractivity (Wildman–Crippen MR) is 86.3 cm³/mol. The molecule has 3 unspecified atom stereocenters. The Kier molecular flexibility index (Phi) is 4.34. The topological polar surface area (TPSA) is 35.5 Å². The van der Waals surface area contributed by atoms with Gasteiger partial charge in [0.2, 0.25) is 0 Å². The van der Waals surface area contributed by atoms with Gasteiger partial charge < -0.3 is 15.3 Å². The quantitative estimate of drug-likeness (QED) is 0.891. The minimum atomic E-state index is -0.668. The molecule has 0 aromatic heterocycles. The molecule has 2 aliphatic rings. The lowest BCUT2D eigenvalue weighted by Crippen LogP contribution is -2.51. The molecule has 3 nitrogen and oxygen atoms in total. The molecule has 1 saturated heterocycles. The fourth-order valence-electron chi connectivity index (χ4n) is 3.97. The second kappa shape index (κ2) is 6.07. The van der Waals surface area contributed by atoms with E-state index < -0.39 is 5.60 Å². The van der Waals surface area contributed by atoms with Crippen LogP contribution in [-0.2, 0) is 12.0 Å². The van der Waals surface area contributed by atoms with E-state index in [9.17, 15) is 5.11 Å². The second-order valence-corrected chi connectivity index (χ2v) is 6.84. The summed E-state index contributed by atoms with van der Waals surface area (Å²) in [6.45, 7) is 8.74. The van der Waals surface area contributed by atoms with Crippen LogP contribution in [0.1, 0.15) is 37.8 Å². The number of hydrogen-bond donors (Lipinski definition) is 2. The Labute approximate surface area is 128 Å². The van der Waals surface area contributed by atoms with Crippen molar-refractivity contribution in [1.29, 1.82) is 0 Å². The normalized spacial score (nSPS) is 33.1. The van der Waals surface area contributed by atoms with Gasteiger partial charge in [0.1, 0.15) is 5.60 Å². The molecule has 0 spiro atoms. The number of piperidine rings is 1. The molecule has 3 atom stereocenters. The monoisotopic (exact) mass is 288 g/mol. The zero-order valence-corrected chi connectivity index (χ0v) is 13.3. The van der Waals surface area contributed by atoms with E-state index in [0.29, 0.717) is 18.5 Å². The molecule has 3 rings (SSSR count). The van der Waals surface area contributed by atoms with Gasteiger partial charge in [-0.2, -0.15) is 0 Å². The molecule has 1 heterocycles. The average molecular weight is 288 g/mol. The number of hydrogen-bond acceptors (Lipinski definition) is 3. The van der Waals surface area contributed by atoms with Crippen LogP contribution in [0.4, 0.5) is 0 Å². The van der Waals surface area contributed by atoms with E-state index >= 15 is 0 Å². The van der Waals surface area contributed by atoms with Crippen molar-refractivity contribution in [2.75, 3.05) is 26.2 Å². The highest BCUT2D eigenvalue weighted by Gasteiger charge is 2.37. The van der Waals surface area contributed by atoms with E-state index in [0.717, 1.165) is 24.9 Å². The molecule has 1 aromatic rings. The van der Waals surface area contributed by atoms with Gasteiger partial charge in [-0.15, -0.1) is 0 Å². The van der Waals surface area contributed by atoms with Crippen LogP contribution < -0.4 is 5.32 Å². The maximum absolute atomic E-state index is 11.0. The highest BCUT2D eigenvalue weighted by atomic mass is 16.3. The molecule has 1 fully saturated rings. The standard InChI is InChI=1S/C18H28N2O/c1-3-20-11-9-17(14(2)12-20)19-13-18(21)10-8-15-6-4-5-7-16(15)18/h4-7,14,17,19,21H,3,8-13H2,1-2H3. The van der Waals surface area contributed by atoms with Crippen LogP contribution in [-0.4, -0.2) is 42.2 Å². The van der Waals surface area contributed by atoms with Gasteiger partial charge >= 0.3 is 0 Å². The van der Waals surface area contributed by atoms with Gasteiger partial charge in [0.05, 0.1) is 0 Å². The second-order valence-electron chi connectivity index (χ2n) is 6.84. The van der Waals surface area contributed by atoms with Crippen molar-refractivity contribution < 1.29 is 5.11 Å². The van der Waals surface area contributed by atoms with Crippen LogP contribution in [0.3, 0.4) is 0 Å². The summed E-state index contributed by atoms with van der Waals surface area (Å²) in [6.07, 6.45) is 3.03. The molecular formula is C18H28N2O. The van der Waals surface area contributed by atoms with E-state index in [-0.39, 0.29) is 0 Å². The largest absolute Gasteiger partial charge is 0.384 e. The third-order valence-corrected chi connectivity index (χ3v) is 5.42. The summed E-state index contributed by atoms with van der Waals surface area (Å²) < 4.78 is 0. The Morgan fingerprint density at radius 1 is 1.38 bits per heavy atom. The Balaban J connectivity index is 1.61. The number of aryl methyl sites for hydroxylation is 1. The van der Waals surface area contributed by atoms with Gasteiger partial charge in [-0.1, -0.05) is 38.1 Å². The van der Waals surface area contributed by atoms with Gasteiger partial charge in [-0.3, -0.25) is 0 Å². The van der Waals surface area contributed by atoms with E-state index in [4.69, 9.17) is 0 Å². The van der Waals surface area contributed by atoms with Gasteiger partial charge in [-0.25, -0.2) is 0 Å². The first-order valence-electron chi connectivity index (χ1n) is 8.39.